The molecule has 1 saturated heterocycles. The number of anilines is 2. The van der Waals surface area contributed by atoms with Crippen molar-refractivity contribution in [2.45, 2.75) is 18.4 Å². The summed E-state index contributed by atoms with van der Waals surface area (Å²) in [5, 5.41) is 10.5. The van der Waals surface area contributed by atoms with Crippen molar-refractivity contribution >= 4 is 17.3 Å². The number of rotatable bonds is 4. The largest absolute Gasteiger partial charge is 0.465 e. The van der Waals surface area contributed by atoms with Crippen LogP contribution in [0.25, 0.3) is 0 Å². The summed E-state index contributed by atoms with van der Waals surface area (Å²) in [6, 6.07) is 5.18. The molecule has 1 aliphatic rings. The third-order valence-corrected chi connectivity index (χ3v) is 3.84. The van der Waals surface area contributed by atoms with Gasteiger partial charge in [-0.3, -0.25) is 0 Å². The minimum atomic E-state index is -0.764. The lowest BCUT2D eigenvalue weighted by Crippen LogP contribution is -2.45. The molecule has 0 bridgehead atoms. The molecule has 21 heavy (non-hydrogen) atoms. The Labute approximate surface area is 124 Å². The molecule has 6 nitrogen and oxygen atoms in total. The van der Waals surface area contributed by atoms with Crippen LogP contribution in [0.5, 0.6) is 0 Å². The van der Waals surface area contributed by atoms with Crippen LogP contribution < -0.4 is 10.6 Å². The van der Waals surface area contributed by atoms with Gasteiger partial charge in [-0.15, -0.1) is 0 Å². The van der Waals surface area contributed by atoms with Crippen molar-refractivity contribution in [3.8, 4) is 0 Å². The summed E-state index contributed by atoms with van der Waals surface area (Å²) in [7, 11) is 3.20. The number of carbonyl (C=O) groups is 1. The Morgan fingerprint density at radius 2 is 2.14 bits per heavy atom. The highest BCUT2D eigenvalue weighted by atomic mass is 16.5. The van der Waals surface area contributed by atoms with E-state index in [0.29, 0.717) is 43.9 Å². The molecule has 1 aliphatic heterocycles. The minimum Gasteiger partial charge on any atom is -0.465 e. The van der Waals surface area contributed by atoms with E-state index in [2.05, 4.69) is 0 Å². The van der Waals surface area contributed by atoms with E-state index in [1.807, 2.05) is 18.0 Å². The van der Waals surface area contributed by atoms with Gasteiger partial charge in [-0.2, -0.15) is 0 Å². The monoisotopic (exact) mass is 294 g/mol. The van der Waals surface area contributed by atoms with Gasteiger partial charge < -0.3 is 25.2 Å². The van der Waals surface area contributed by atoms with Gasteiger partial charge in [0, 0.05) is 51.0 Å². The first-order valence-electron chi connectivity index (χ1n) is 6.94. The Kier molecular flexibility index (Phi) is 4.69. The summed E-state index contributed by atoms with van der Waals surface area (Å²) < 4.78 is 10.00. The summed E-state index contributed by atoms with van der Waals surface area (Å²) in [6.07, 6.45) is 1.21. The standard InChI is InChI=1S/C15H22N2O4/c1-17(10-15(19)5-7-21-8-6-15)11-3-4-13(16)12(9-11)14(18)20-2/h3-4,9,19H,5-8,10,16H2,1-2H3. The van der Waals surface area contributed by atoms with Gasteiger partial charge in [0.2, 0.25) is 0 Å². The molecular weight excluding hydrogens is 272 g/mol. The molecule has 0 radical (unpaired) electrons. The van der Waals surface area contributed by atoms with Gasteiger partial charge in [0.15, 0.2) is 0 Å². The summed E-state index contributed by atoms with van der Waals surface area (Å²) in [4.78, 5) is 13.6. The number of esters is 1. The van der Waals surface area contributed by atoms with Gasteiger partial charge in [0.1, 0.15) is 0 Å². The third-order valence-electron chi connectivity index (χ3n) is 3.84. The van der Waals surface area contributed by atoms with E-state index in [1.165, 1.54) is 7.11 Å². The molecule has 1 aromatic rings. The molecule has 3 N–H and O–H groups in total. The van der Waals surface area contributed by atoms with Crippen LogP contribution in [0.2, 0.25) is 0 Å². The van der Waals surface area contributed by atoms with E-state index in [1.54, 1.807) is 12.1 Å². The van der Waals surface area contributed by atoms with E-state index in [0.717, 1.165) is 5.69 Å². The maximum Gasteiger partial charge on any atom is 0.340 e. The van der Waals surface area contributed by atoms with Gasteiger partial charge >= 0.3 is 5.97 Å². The average molecular weight is 294 g/mol. The summed E-state index contributed by atoms with van der Waals surface area (Å²) in [5.41, 5.74) is 6.55. The summed E-state index contributed by atoms with van der Waals surface area (Å²) in [5.74, 6) is -0.465. The Hall–Kier alpha value is -1.79. The molecule has 1 aromatic carbocycles. The van der Waals surface area contributed by atoms with Crippen molar-refractivity contribution < 1.29 is 19.4 Å². The second-order valence-electron chi connectivity index (χ2n) is 5.46. The van der Waals surface area contributed by atoms with E-state index in [4.69, 9.17) is 15.2 Å². The maximum atomic E-state index is 11.7. The second kappa shape index (κ2) is 6.32. The van der Waals surface area contributed by atoms with Crippen molar-refractivity contribution in [3.63, 3.8) is 0 Å². The maximum absolute atomic E-state index is 11.7. The lowest BCUT2D eigenvalue weighted by molar-refractivity contribution is -0.0572. The highest BCUT2D eigenvalue weighted by molar-refractivity contribution is 5.96. The predicted octanol–water partition coefficient (Wildman–Crippen LogP) is 1.03. The smallest absolute Gasteiger partial charge is 0.340 e. The third kappa shape index (κ3) is 3.65. The van der Waals surface area contributed by atoms with Gasteiger partial charge in [-0.05, 0) is 18.2 Å². The fourth-order valence-corrected chi connectivity index (χ4v) is 2.51. The van der Waals surface area contributed by atoms with Crippen molar-refractivity contribution in [1.82, 2.24) is 0 Å². The Balaban J connectivity index is 2.15. The van der Waals surface area contributed by atoms with E-state index in [9.17, 15) is 9.90 Å². The van der Waals surface area contributed by atoms with Crippen LogP contribution >= 0.6 is 0 Å². The van der Waals surface area contributed by atoms with E-state index < -0.39 is 11.6 Å². The number of hydrogen-bond donors (Lipinski definition) is 2. The highest BCUT2D eigenvalue weighted by Crippen LogP contribution is 2.26. The molecule has 0 atom stereocenters. The molecule has 0 spiro atoms. The Morgan fingerprint density at radius 1 is 1.48 bits per heavy atom. The molecule has 0 unspecified atom stereocenters. The molecule has 0 aliphatic carbocycles. The Bertz CT molecular complexity index is 512. The molecule has 116 valence electrons. The molecule has 0 amide bonds. The van der Waals surface area contributed by atoms with Crippen LogP contribution in [-0.2, 0) is 9.47 Å². The summed E-state index contributed by atoms with van der Waals surface area (Å²) >= 11 is 0. The zero-order valence-corrected chi connectivity index (χ0v) is 12.5. The number of hydrogen-bond acceptors (Lipinski definition) is 6. The predicted molar refractivity (Wildman–Crippen MR) is 80.5 cm³/mol. The molecule has 0 saturated carbocycles. The normalized spacial score (nSPS) is 17.3. The first kappa shape index (κ1) is 15.6. The number of aliphatic hydroxyl groups is 1. The zero-order chi connectivity index (χ0) is 15.5. The van der Waals surface area contributed by atoms with E-state index >= 15 is 0 Å². The number of nitrogen functional groups attached to an aromatic ring is 1. The fourth-order valence-electron chi connectivity index (χ4n) is 2.51. The number of ether oxygens (including phenoxy) is 2. The van der Waals surface area contributed by atoms with Crippen molar-refractivity contribution in [2.75, 3.05) is 44.5 Å². The quantitative estimate of drug-likeness (QED) is 0.637. The van der Waals surface area contributed by atoms with Crippen LogP contribution in [0.1, 0.15) is 23.2 Å². The molecule has 0 aromatic heterocycles. The molecule has 1 heterocycles. The van der Waals surface area contributed by atoms with Gasteiger partial charge in [0.25, 0.3) is 0 Å². The second-order valence-corrected chi connectivity index (χ2v) is 5.46. The van der Waals surface area contributed by atoms with Crippen LogP contribution in [0.15, 0.2) is 18.2 Å². The fraction of sp³-hybridized carbons (Fsp3) is 0.533. The number of methoxy groups -OCH3 is 1. The molecule has 1 fully saturated rings. The molecular formula is C15H22N2O4. The lowest BCUT2D eigenvalue weighted by atomic mass is 9.93. The van der Waals surface area contributed by atoms with Crippen LogP contribution in [0, 0.1) is 0 Å². The van der Waals surface area contributed by atoms with Crippen molar-refractivity contribution in [3.05, 3.63) is 23.8 Å². The number of carbonyl (C=O) groups excluding carboxylic acids is 1. The average Bonchev–Trinajstić information content (AvgIpc) is 2.47. The van der Waals surface area contributed by atoms with Crippen molar-refractivity contribution in [2.24, 2.45) is 0 Å². The highest BCUT2D eigenvalue weighted by Gasteiger charge is 2.31. The first-order valence-corrected chi connectivity index (χ1v) is 6.94. The lowest BCUT2D eigenvalue weighted by Gasteiger charge is -2.36. The minimum absolute atomic E-state index is 0.334. The van der Waals surface area contributed by atoms with Gasteiger partial charge in [-0.25, -0.2) is 4.79 Å². The number of nitrogens with two attached hydrogens (primary N) is 1. The van der Waals surface area contributed by atoms with Gasteiger partial charge in [-0.1, -0.05) is 0 Å². The first-order chi connectivity index (χ1) is 9.95. The van der Waals surface area contributed by atoms with Crippen LogP contribution in [0.4, 0.5) is 11.4 Å². The molecule has 2 rings (SSSR count). The summed E-state index contributed by atoms with van der Waals surface area (Å²) in [6.45, 7) is 1.61. The number of likely N-dealkylation sites (N-methyl/N-ethyl adjacent to an activating group) is 1. The van der Waals surface area contributed by atoms with Crippen molar-refractivity contribution in [1.29, 1.82) is 0 Å². The molecule has 6 heteroatoms. The van der Waals surface area contributed by atoms with Crippen LogP contribution in [0.3, 0.4) is 0 Å². The number of nitrogens with zero attached hydrogens (tertiary/aromatic N) is 1. The van der Waals surface area contributed by atoms with Crippen LogP contribution in [-0.4, -0.2) is 50.6 Å². The Morgan fingerprint density at radius 3 is 2.76 bits per heavy atom. The SMILES string of the molecule is COC(=O)c1cc(N(C)CC2(O)CCOCC2)ccc1N. The zero-order valence-electron chi connectivity index (χ0n) is 12.5. The number of benzene rings is 1. The van der Waals surface area contributed by atoms with E-state index in [-0.39, 0.29) is 0 Å². The topological polar surface area (TPSA) is 85.0 Å². The van der Waals surface area contributed by atoms with Gasteiger partial charge in [0.05, 0.1) is 18.3 Å².